The molecule has 0 saturated heterocycles. The highest BCUT2D eigenvalue weighted by Crippen LogP contribution is 2.36. The van der Waals surface area contributed by atoms with Gasteiger partial charge in [-0.05, 0) is 86.7 Å². The van der Waals surface area contributed by atoms with Gasteiger partial charge in [0.1, 0.15) is 0 Å². The quantitative estimate of drug-likeness (QED) is 0.448. The Balaban J connectivity index is 2.08. The molecule has 0 fully saturated rings. The highest BCUT2D eigenvalue weighted by Gasteiger charge is 2.15. The van der Waals surface area contributed by atoms with E-state index in [0.717, 1.165) is 12.8 Å². The van der Waals surface area contributed by atoms with Crippen molar-refractivity contribution in [1.29, 1.82) is 0 Å². The van der Waals surface area contributed by atoms with Crippen molar-refractivity contribution in [1.82, 2.24) is 0 Å². The fourth-order valence-electron chi connectivity index (χ4n) is 3.22. The molecule has 0 aliphatic heterocycles. The van der Waals surface area contributed by atoms with Crippen molar-refractivity contribution in [3.8, 4) is 11.1 Å². The average molecular weight is 382 g/mol. The van der Waals surface area contributed by atoms with E-state index in [1.807, 2.05) is 0 Å². The van der Waals surface area contributed by atoms with Crippen LogP contribution < -0.4 is 0 Å². The molecule has 0 aromatic heterocycles. The van der Waals surface area contributed by atoms with Crippen LogP contribution in [0.3, 0.4) is 0 Å². The second-order valence-electron chi connectivity index (χ2n) is 5.49. The summed E-state index contributed by atoms with van der Waals surface area (Å²) in [5, 5.41) is 2.70. The van der Waals surface area contributed by atoms with Gasteiger partial charge < -0.3 is 0 Å². The summed E-state index contributed by atoms with van der Waals surface area (Å²) in [7, 11) is 0. The number of hydrogen-bond donors (Lipinski definition) is 0. The summed E-state index contributed by atoms with van der Waals surface area (Å²) in [5.74, 6) is 0. The van der Waals surface area contributed by atoms with Crippen LogP contribution in [0.2, 0.25) is 0 Å². The van der Waals surface area contributed by atoms with Gasteiger partial charge in [0.15, 0.2) is 0 Å². The molecule has 0 atom stereocenters. The second-order valence-corrected chi connectivity index (χ2v) is 6.73. The lowest BCUT2D eigenvalue weighted by atomic mass is 9.86. The molecule has 0 N–H and O–H groups in total. The lowest BCUT2D eigenvalue weighted by Gasteiger charge is -2.19. The van der Waals surface area contributed by atoms with Crippen molar-refractivity contribution >= 4 is 39.4 Å². The van der Waals surface area contributed by atoms with Gasteiger partial charge >= 0.3 is 0 Å². The van der Waals surface area contributed by atoms with Gasteiger partial charge in [0.05, 0.1) is 0 Å². The SMILES string of the molecule is Ic1cccc(-c2cc3ccccc3c3c2CCC=C3)c1. The molecule has 0 spiro atoms. The zero-order valence-electron chi connectivity index (χ0n) is 11.6. The zero-order valence-corrected chi connectivity index (χ0v) is 13.8. The first-order valence-electron chi connectivity index (χ1n) is 7.30. The van der Waals surface area contributed by atoms with E-state index in [-0.39, 0.29) is 0 Å². The van der Waals surface area contributed by atoms with Crippen LogP contribution in [0.5, 0.6) is 0 Å². The van der Waals surface area contributed by atoms with Crippen molar-refractivity contribution in [2.45, 2.75) is 12.8 Å². The molecular weight excluding hydrogens is 367 g/mol. The number of rotatable bonds is 1. The van der Waals surface area contributed by atoms with Crippen molar-refractivity contribution in [2.75, 3.05) is 0 Å². The van der Waals surface area contributed by atoms with Crippen LogP contribution in [0.15, 0.2) is 60.7 Å². The number of benzene rings is 3. The molecule has 0 heterocycles. The zero-order chi connectivity index (χ0) is 14.2. The van der Waals surface area contributed by atoms with E-state index in [9.17, 15) is 0 Å². The second kappa shape index (κ2) is 5.30. The van der Waals surface area contributed by atoms with E-state index in [4.69, 9.17) is 0 Å². The molecule has 3 aromatic carbocycles. The Hall–Kier alpha value is -1.61. The summed E-state index contributed by atoms with van der Waals surface area (Å²) in [6.45, 7) is 0. The third-order valence-electron chi connectivity index (χ3n) is 4.18. The summed E-state index contributed by atoms with van der Waals surface area (Å²) in [4.78, 5) is 0. The van der Waals surface area contributed by atoms with E-state index in [1.165, 1.54) is 36.6 Å². The third-order valence-corrected chi connectivity index (χ3v) is 4.85. The predicted molar refractivity (Wildman–Crippen MR) is 99.5 cm³/mol. The van der Waals surface area contributed by atoms with Gasteiger partial charge in [0.25, 0.3) is 0 Å². The summed E-state index contributed by atoms with van der Waals surface area (Å²) in [5.41, 5.74) is 5.64. The number of allylic oxidation sites excluding steroid dienone is 1. The van der Waals surface area contributed by atoms with E-state index < -0.39 is 0 Å². The van der Waals surface area contributed by atoms with E-state index in [2.05, 4.69) is 89.3 Å². The number of halogens is 1. The summed E-state index contributed by atoms with van der Waals surface area (Å²) in [6, 6.07) is 19.9. The molecule has 1 aliphatic rings. The smallest absolute Gasteiger partial charge is 0.0136 e. The van der Waals surface area contributed by atoms with E-state index in [1.54, 1.807) is 0 Å². The van der Waals surface area contributed by atoms with Crippen LogP contribution >= 0.6 is 22.6 Å². The van der Waals surface area contributed by atoms with E-state index in [0.29, 0.717) is 0 Å². The summed E-state index contributed by atoms with van der Waals surface area (Å²) < 4.78 is 1.29. The Bertz CT molecular complexity index is 859. The normalized spacial score (nSPS) is 13.4. The molecule has 0 bridgehead atoms. The molecule has 4 rings (SSSR count). The molecule has 102 valence electrons. The minimum atomic E-state index is 1.14. The highest BCUT2D eigenvalue weighted by molar-refractivity contribution is 14.1. The van der Waals surface area contributed by atoms with Gasteiger partial charge in [-0.2, -0.15) is 0 Å². The Kier molecular flexibility index (Phi) is 3.30. The average Bonchev–Trinajstić information content (AvgIpc) is 2.54. The van der Waals surface area contributed by atoms with Crippen LogP contribution in [-0.4, -0.2) is 0 Å². The lowest BCUT2D eigenvalue weighted by molar-refractivity contribution is 0.992. The van der Waals surface area contributed by atoms with Crippen LogP contribution in [-0.2, 0) is 6.42 Å². The monoisotopic (exact) mass is 382 g/mol. The fourth-order valence-corrected chi connectivity index (χ4v) is 3.76. The lowest BCUT2D eigenvalue weighted by Crippen LogP contribution is -1.99. The van der Waals surface area contributed by atoms with Gasteiger partial charge in [0.2, 0.25) is 0 Å². The van der Waals surface area contributed by atoms with Crippen molar-refractivity contribution in [3.05, 3.63) is 75.4 Å². The first-order chi connectivity index (χ1) is 10.3. The molecule has 0 saturated carbocycles. The summed E-state index contributed by atoms with van der Waals surface area (Å²) >= 11 is 2.39. The highest BCUT2D eigenvalue weighted by atomic mass is 127. The maximum Gasteiger partial charge on any atom is 0.0136 e. The Morgan fingerprint density at radius 1 is 0.905 bits per heavy atom. The maximum absolute atomic E-state index is 2.39. The molecule has 0 radical (unpaired) electrons. The Labute approximate surface area is 138 Å². The Morgan fingerprint density at radius 3 is 2.71 bits per heavy atom. The van der Waals surface area contributed by atoms with Gasteiger partial charge in [-0.25, -0.2) is 0 Å². The molecular formula is C20H15I. The van der Waals surface area contributed by atoms with Gasteiger partial charge in [-0.1, -0.05) is 48.6 Å². The third kappa shape index (κ3) is 2.30. The fraction of sp³-hybridized carbons (Fsp3) is 0.100. The Morgan fingerprint density at radius 2 is 1.81 bits per heavy atom. The van der Waals surface area contributed by atoms with Gasteiger partial charge in [-0.3, -0.25) is 0 Å². The van der Waals surface area contributed by atoms with Crippen LogP contribution in [0.25, 0.3) is 28.0 Å². The van der Waals surface area contributed by atoms with Crippen LogP contribution in [0.4, 0.5) is 0 Å². The minimum absolute atomic E-state index is 1.14. The van der Waals surface area contributed by atoms with Crippen molar-refractivity contribution < 1.29 is 0 Å². The summed E-state index contributed by atoms with van der Waals surface area (Å²) in [6.07, 6.45) is 6.88. The minimum Gasteiger partial charge on any atom is -0.0836 e. The van der Waals surface area contributed by atoms with Crippen molar-refractivity contribution in [3.63, 3.8) is 0 Å². The molecule has 0 nitrogen and oxygen atoms in total. The predicted octanol–water partition coefficient (Wildman–Crippen LogP) is 6.07. The topological polar surface area (TPSA) is 0 Å². The molecule has 21 heavy (non-hydrogen) atoms. The van der Waals surface area contributed by atoms with Crippen molar-refractivity contribution in [2.24, 2.45) is 0 Å². The molecule has 1 aliphatic carbocycles. The molecule has 0 amide bonds. The maximum atomic E-state index is 2.39. The molecule has 1 heteroatoms. The molecule has 3 aromatic rings. The standard InChI is InChI=1S/C20H15I/c21-16-8-5-7-14(12-16)20-13-15-6-1-2-9-17(15)18-10-3-4-11-19(18)20/h1-3,5-10,12-13H,4,11H2. The first kappa shape index (κ1) is 13.1. The van der Waals surface area contributed by atoms with Crippen LogP contribution in [0, 0.1) is 3.57 Å². The van der Waals surface area contributed by atoms with Gasteiger partial charge in [-0.15, -0.1) is 0 Å². The number of hydrogen-bond acceptors (Lipinski definition) is 0. The van der Waals surface area contributed by atoms with Crippen LogP contribution in [0.1, 0.15) is 17.5 Å². The van der Waals surface area contributed by atoms with E-state index >= 15 is 0 Å². The molecule has 0 unspecified atom stereocenters. The van der Waals surface area contributed by atoms with Gasteiger partial charge in [0, 0.05) is 3.57 Å². The largest absolute Gasteiger partial charge is 0.0836 e. The number of fused-ring (bicyclic) bond motifs is 3. The first-order valence-corrected chi connectivity index (χ1v) is 8.38.